The summed E-state index contributed by atoms with van der Waals surface area (Å²) in [5, 5.41) is 10.7. The average Bonchev–Trinajstić information content (AvgIpc) is 2.62. The zero-order valence-electron chi connectivity index (χ0n) is 13.9. The summed E-state index contributed by atoms with van der Waals surface area (Å²) >= 11 is 0. The minimum Gasteiger partial charge on any atom is -0.474 e. The van der Waals surface area contributed by atoms with Gasteiger partial charge >= 0.3 is 0 Å². The largest absolute Gasteiger partial charge is 0.474 e. The molecule has 0 unspecified atom stereocenters. The quantitative estimate of drug-likeness (QED) is 0.630. The van der Waals surface area contributed by atoms with Crippen LogP contribution in [0.25, 0.3) is 0 Å². The topological polar surface area (TPSA) is 85.6 Å². The van der Waals surface area contributed by atoms with E-state index in [-0.39, 0.29) is 17.7 Å². The molecule has 0 radical (unpaired) electrons. The Balaban J connectivity index is 1.56. The number of likely N-dealkylation sites (tertiary alicyclic amines) is 1. The molecule has 0 aliphatic carbocycles. The summed E-state index contributed by atoms with van der Waals surface area (Å²) in [6.45, 7) is 3.09. The second-order valence-corrected chi connectivity index (χ2v) is 6.03. The number of hydrogen-bond acceptors (Lipinski definition) is 5. The molecule has 1 aromatic carbocycles. The van der Waals surface area contributed by atoms with Gasteiger partial charge in [0.05, 0.1) is 4.92 Å². The third-order valence-corrected chi connectivity index (χ3v) is 4.20. The monoisotopic (exact) mass is 341 g/mol. The van der Waals surface area contributed by atoms with E-state index in [1.807, 2.05) is 25.1 Å². The lowest BCUT2D eigenvalue weighted by atomic mass is 10.1. The van der Waals surface area contributed by atoms with Gasteiger partial charge in [0.15, 0.2) is 0 Å². The summed E-state index contributed by atoms with van der Waals surface area (Å²) in [7, 11) is 0. The minimum atomic E-state index is -0.476. The molecule has 130 valence electrons. The van der Waals surface area contributed by atoms with Gasteiger partial charge in [-0.15, -0.1) is 0 Å². The Morgan fingerprint density at radius 1 is 1.20 bits per heavy atom. The number of carbonyl (C=O) groups is 1. The van der Waals surface area contributed by atoms with Gasteiger partial charge < -0.3 is 9.64 Å². The first-order valence-electron chi connectivity index (χ1n) is 8.17. The predicted octanol–water partition coefficient (Wildman–Crippen LogP) is 2.98. The molecule has 2 heterocycles. The first-order valence-corrected chi connectivity index (χ1v) is 8.17. The van der Waals surface area contributed by atoms with Crippen molar-refractivity contribution in [2.45, 2.75) is 25.9 Å². The van der Waals surface area contributed by atoms with Crippen molar-refractivity contribution in [3.8, 4) is 5.88 Å². The smallest absolute Gasteiger partial charge is 0.269 e. The second kappa shape index (κ2) is 7.29. The van der Waals surface area contributed by atoms with Crippen LogP contribution < -0.4 is 4.74 Å². The second-order valence-electron chi connectivity index (χ2n) is 6.03. The van der Waals surface area contributed by atoms with Crippen LogP contribution in [0.5, 0.6) is 5.88 Å². The molecular weight excluding hydrogens is 322 g/mol. The van der Waals surface area contributed by atoms with Gasteiger partial charge in [-0.3, -0.25) is 14.9 Å². The van der Waals surface area contributed by atoms with Gasteiger partial charge in [0.1, 0.15) is 6.10 Å². The number of pyridine rings is 1. The number of nitro benzene ring substituents is 1. The van der Waals surface area contributed by atoms with Gasteiger partial charge in [0.25, 0.3) is 11.6 Å². The van der Waals surface area contributed by atoms with Crippen LogP contribution in [0.15, 0.2) is 42.5 Å². The highest BCUT2D eigenvalue weighted by Crippen LogP contribution is 2.20. The van der Waals surface area contributed by atoms with Crippen molar-refractivity contribution in [3.05, 3.63) is 63.8 Å². The van der Waals surface area contributed by atoms with Crippen molar-refractivity contribution in [1.29, 1.82) is 0 Å². The maximum atomic E-state index is 12.5. The van der Waals surface area contributed by atoms with Crippen LogP contribution >= 0.6 is 0 Å². The summed E-state index contributed by atoms with van der Waals surface area (Å²) in [5.41, 5.74) is 1.35. The molecule has 1 fully saturated rings. The molecule has 25 heavy (non-hydrogen) atoms. The lowest BCUT2D eigenvalue weighted by Gasteiger charge is -2.32. The van der Waals surface area contributed by atoms with Crippen LogP contribution in [0.1, 0.15) is 28.9 Å². The Labute approximate surface area is 145 Å². The molecule has 0 N–H and O–H groups in total. The SMILES string of the molecule is Cc1cccc(OC2CCN(C(=O)c3ccc([N+](=O)[O-])cc3)CC2)n1. The summed E-state index contributed by atoms with van der Waals surface area (Å²) < 4.78 is 5.89. The summed E-state index contributed by atoms with van der Waals surface area (Å²) in [6.07, 6.45) is 1.50. The fourth-order valence-electron chi connectivity index (χ4n) is 2.84. The molecule has 1 aliphatic rings. The van der Waals surface area contributed by atoms with Gasteiger partial charge in [-0.25, -0.2) is 4.98 Å². The zero-order chi connectivity index (χ0) is 17.8. The van der Waals surface area contributed by atoms with Gasteiger partial charge in [-0.1, -0.05) is 6.07 Å². The van der Waals surface area contributed by atoms with Gasteiger partial charge in [-0.05, 0) is 25.1 Å². The molecule has 2 aromatic rings. The molecular formula is C18H19N3O4. The maximum Gasteiger partial charge on any atom is 0.269 e. The number of hydrogen-bond donors (Lipinski definition) is 0. The Hall–Kier alpha value is -2.96. The van der Waals surface area contributed by atoms with Crippen molar-refractivity contribution in [1.82, 2.24) is 9.88 Å². The maximum absolute atomic E-state index is 12.5. The number of nitro groups is 1. The van der Waals surface area contributed by atoms with E-state index in [2.05, 4.69) is 4.98 Å². The zero-order valence-corrected chi connectivity index (χ0v) is 13.9. The molecule has 0 spiro atoms. The number of aromatic nitrogens is 1. The summed E-state index contributed by atoms with van der Waals surface area (Å²) in [5.74, 6) is 0.502. The number of rotatable bonds is 4. The Bertz CT molecular complexity index is 768. The van der Waals surface area contributed by atoms with E-state index >= 15 is 0 Å². The number of benzene rings is 1. The van der Waals surface area contributed by atoms with Crippen LogP contribution in [0.4, 0.5) is 5.69 Å². The Morgan fingerprint density at radius 2 is 1.88 bits per heavy atom. The van der Waals surface area contributed by atoms with Gasteiger partial charge in [-0.2, -0.15) is 0 Å². The van der Waals surface area contributed by atoms with E-state index in [4.69, 9.17) is 4.74 Å². The van der Waals surface area contributed by atoms with E-state index in [0.717, 1.165) is 18.5 Å². The standard InChI is InChI=1S/C18H19N3O4/c1-13-3-2-4-17(19-13)25-16-9-11-20(12-10-16)18(22)14-5-7-15(8-6-14)21(23)24/h2-8,16H,9-12H2,1H3. The highest BCUT2D eigenvalue weighted by atomic mass is 16.6. The molecule has 0 atom stereocenters. The van der Waals surface area contributed by atoms with Gasteiger partial charge in [0.2, 0.25) is 5.88 Å². The molecule has 7 heteroatoms. The van der Waals surface area contributed by atoms with E-state index in [0.29, 0.717) is 24.5 Å². The minimum absolute atomic E-state index is 0.0192. The Kier molecular flexibility index (Phi) is 4.92. The molecule has 1 aromatic heterocycles. The predicted molar refractivity (Wildman–Crippen MR) is 91.6 cm³/mol. The fraction of sp³-hybridized carbons (Fsp3) is 0.333. The van der Waals surface area contributed by atoms with Crippen molar-refractivity contribution in [3.63, 3.8) is 0 Å². The lowest BCUT2D eigenvalue weighted by Crippen LogP contribution is -2.41. The third-order valence-electron chi connectivity index (χ3n) is 4.20. The highest BCUT2D eigenvalue weighted by Gasteiger charge is 2.25. The van der Waals surface area contributed by atoms with Crippen LogP contribution in [-0.4, -0.2) is 39.9 Å². The first kappa shape index (κ1) is 16.9. The van der Waals surface area contributed by atoms with Crippen LogP contribution in [0, 0.1) is 17.0 Å². The van der Waals surface area contributed by atoms with E-state index in [1.165, 1.54) is 24.3 Å². The van der Waals surface area contributed by atoms with Crippen LogP contribution in [0.3, 0.4) is 0 Å². The fourth-order valence-corrected chi connectivity index (χ4v) is 2.84. The number of nitrogens with zero attached hydrogens (tertiary/aromatic N) is 3. The average molecular weight is 341 g/mol. The van der Waals surface area contributed by atoms with E-state index in [9.17, 15) is 14.9 Å². The van der Waals surface area contributed by atoms with Gasteiger partial charge in [0, 0.05) is 55.4 Å². The number of aryl methyl sites for hydroxylation is 1. The summed E-state index contributed by atoms with van der Waals surface area (Å²) in [4.78, 5) is 28.8. The number of amides is 1. The molecule has 7 nitrogen and oxygen atoms in total. The summed E-state index contributed by atoms with van der Waals surface area (Å²) in [6, 6.07) is 11.4. The van der Waals surface area contributed by atoms with Crippen molar-refractivity contribution in [2.75, 3.05) is 13.1 Å². The third kappa shape index (κ3) is 4.12. The highest BCUT2D eigenvalue weighted by molar-refractivity contribution is 5.94. The molecule has 0 bridgehead atoms. The van der Waals surface area contributed by atoms with E-state index in [1.54, 1.807) is 4.90 Å². The molecule has 3 rings (SSSR count). The first-order chi connectivity index (χ1) is 12.0. The van der Waals surface area contributed by atoms with Crippen LogP contribution in [-0.2, 0) is 0 Å². The number of ether oxygens (including phenoxy) is 1. The van der Waals surface area contributed by atoms with Crippen molar-refractivity contribution in [2.24, 2.45) is 0 Å². The number of non-ortho nitro benzene ring substituents is 1. The molecule has 1 saturated heterocycles. The van der Waals surface area contributed by atoms with Crippen molar-refractivity contribution >= 4 is 11.6 Å². The normalized spacial score (nSPS) is 15.0. The molecule has 1 aliphatic heterocycles. The van der Waals surface area contributed by atoms with Crippen LogP contribution in [0.2, 0.25) is 0 Å². The van der Waals surface area contributed by atoms with Crippen molar-refractivity contribution < 1.29 is 14.5 Å². The number of piperidine rings is 1. The number of carbonyl (C=O) groups excluding carboxylic acids is 1. The molecule has 0 saturated carbocycles. The van der Waals surface area contributed by atoms with E-state index < -0.39 is 4.92 Å². The molecule has 1 amide bonds. The lowest BCUT2D eigenvalue weighted by molar-refractivity contribution is -0.384. The Morgan fingerprint density at radius 3 is 2.48 bits per heavy atom.